The Kier molecular flexibility index (Phi) is 3.17. The van der Waals surface area contributed by atoms with Gasteiger partial charge in [-0.05, 0) is 24.3 Å². The molecule has 1 aromatic rings. The van der Waals surface area contributed by atoms with Crippen molar-refractivity contribution < 1.29 is 9.84 Å². The number of hydrogen-bond donors (Lipinski definition) is 1. The lowest BCUT2D eigenvalue weighted by atomic mass is 9.92. The van der Waals surface area contributed by atoms with Crippen LogP contribution in [0.15, 0.2) is 30.3 Å². The number of hydrogen-bond acceptors (Lipinski definition) is 2. The summed E-state index contributed by atoms with van der Waals surface area (Å²) in [6.07, 6.45) is 2.32. The molecule has 2 nitrogen and oxygen atoms in total. The molecule has 76 valence electrons. The minimum Gasteiger partial charge on any atom is -0.396 e. The quantitative estimate of drug-likeness (QED) is 0.723. The zero-order valence-electron chi connectivity index (χ0n) is 8.23. The number of rotatable bonds is 5. The van der Waals surface area contributed by atoms with Crippen LogP contribution < -0.4 is 0 Å². The molecule has 0 amide bonds. The van der Waals surface area contributed by atoms with Crippen LogP contribution >= 0.6 is 0 Å². The van der Waals surface area contributed by atoms with Crippen LogP contribution in [0.3, 0.4) is 0 Å². The predicted octanol–water partition coefficient (Wildman–Crippen LogP) is 1.94. The van der Waals surface area contributed by atoms with E-state index in [2.05, 4.69) is 12.1 Å². The third-order valence-electron chi connectivity index (χ3n) is 2.70. The summed E-state index contributed by atoms with van der Waals surface area (Å²) >= 11 is 0. The molecule has 1 aliphatic heterocycles. The highest BCUT2D eigenvalue weighted by Gasteiger charge is 2.26. The molecule has 1 aliphatic rings. The lowest BCUT2D eigenvalue weighted by Gasteiger charge is -2.14. The van der Waals surface area contributed by atoms with Crippen LogP contribution in [-0.4, -0.2) is 24.4 Å². The van der Waals surface area contributed by atoms with Crippen molar-refractivity contribution in [3.05, 3.63) is 35.9 Å². The fraction of sp³-hybridized carbons (Fsp3) is 0.500. The average molecular weight is 192 g/mol. The molecule has 0 bridgehead atoms. The van der Waals surface area contributed by atoms with Crippen molar-refractivity contribution in [3.8, 4) is 0 Å². The summed E-state index contributed by atoms with van der Waals surface area (Å²) < 4.78 is 5.23. The first-order valence-electron chi connectivity index (χ1n) is 5.17. The van der Waals surface area contributed by atoms with Gasteiger partial charge in [-0.15, -0.1) is 0 Å². The molecule has 2 heteroatoms. The number of aliphatic hydroxyl groups excluding tert-OH is 1. The largest absolute Gasteiger partial charge is 0.396 e. The maximum atomic E-state index is 8.99. The predicted molar refractivity (Wildman–Crippen MR) is 55.2 cm³/mol. The Morgan fingerprint density at radius 3 is 2.64 bits per heavy atom. The molecule has 0 unspecified atom stereocenters. The van der Waals surface area contributed by atoms with Gasteiger partial charge in [0.05, 0.1) is 12.7 Å². The van der Waals surface area contributed by atoms with Crippen LogP contribution in [0, 0.1) is 0 Å². The molecule has 1 saturated heterocycles. The fourth-order valence-electron chi connectivity index (χ4n) is 1.82. The number of benzene rings is 1. The Hall–Kier alpha value is -0.860. The van der Waals surface area contributed by atoms with Crippen LogP contribution in [0.4, 0.5) is 0 Å². The monoisotopic (exact) mass is 192 g/mol. The molecule has 1 fully saturated rings. The highest BCUT2D eigenvalue weighted by atomic mass is 16.6. The number of ether oxygens (including phenoxy) is 1. The Labute approximate surface area is 84.5 Å². The average Bonchev–Trinajstić information content (AvgIpc) is 3.03. The molecule has 0 aliphatic carbocycles. The minimum absolute atomic E-state index is 0.256. The second-order valence-corrected chi connectivity index (χ2v) is 3.81. The van der Waals surface area contributed by atoms with E-state index >= 15 is 0 Å². The molecule has 0 aromatic heterocycles. The van der Waals surface area contributed by atoms with Gasteiger partial charge in [-0.1, -0.05) is 30.3 Å². The van der Waals surface area contributed by atoms with Gasteiger partial charge in [0.15, 0.2) is 0 Å². The molecule has 1 N–H and O–H groups in total. The van der Waals surface area contributed by atoms with Crippen molar-refractivity contribution >= 4 is 0 Å². The van der Waals surface area contributed by atoms with E-state index in [9.17, 15) is 0 Å². The fourth-order valence-corrected chi connectivity index (χ4v) is 1.82. The first-order chi connectivity index (χ1) is 6.90. The van der Waals surface area contributed by atoms with Crippen molar-refractivity contribution in [2.75, 3.05) is 13.2 Å². The molecular weight excluding hydrogens is 176 g/mol. The van der Waals surface area contributed by atoms with E-state index in [1.807, 2.05) is 18.2 Å². The zero-order chi connectivity index (χ0) is 9.80. The van der Waals surface area contributed by atoms with Crippen molar-refractivity contribution in [2.24, 2.45) is 0 Å². The summed E-state index contributed by atoms with van der Waals surface area (Å²) in [7, 11) is 0. The first-order valence-corrected chi connectivity index (χ1v) is 5.17. The smallest absolute Gasteiger partial charge is 0.0815 e. The van der Waals surface area contributed by atoms with Gasteiger partial charge >= 0.3 is 0 Å². The van der Waals surface area contributed by atoms with E-state index in [-0.39, 0.29) is 6.61 Å². The maximum absolute atomic E-state index is 8.99. The highest BCUT2D eigenvalue weighted by Crippen LogP contribution is 2.29. The molecule has 1 heterocycles. The molecule has 0 saturated carbocycles. The lowest BCUT2D eigenvalue weighted by molar-refractivity contribution is 0.266. The summed E-state index contributed by atoms with van der Waals surface area (Å²) in [5.41, 5.74) is 1.32. The molecule has 2 atom stereocenters. The zero-order valence-corrected chi connectivity index (χ0v) is 8.23. The van der Waals surface area contributed by atoms with Crippen LogP contribution in [0.5, 0.6) is 0 Å². The van der Waals surface area contributed by atoms with Crippen molar-refractivity contribution in [1.82, 2.24) is 0 Å². The normalized spacial score (nSPS) is 21.9. The summed E-state index contributed by atoms with van der Waals surface area (Å²) in [6.45, 7) is 1.15. The summed E-state index contributed by atoms with van der Waals surface area (Å²) in [6, 6.07) is 10.4. The van der Waals surface area contributed by atoms with Gasteiger partial charge in [0.25, 0.3) is 0 Å². The van der Waals surface area contributed by atoms with Crippen molar-refractivity contribution in [1.29, 1.82) is 0 Å². The second kappa shape index (κ2) is 4.58. The van der Waals surface area contributed by atoms with Crippen LogP contribution in [0.25, 0.3) is 0 Å². The molecule has 0 radical (unpaired) electrons. The SMILES string of the molecule is OCC[C@@H](C[C@@H]1CO1)c1ccccc1. The van der Waals surface area contributed by atoms with E-state index in [1.165, 1.54) is 5.56 Å². The van der Waals surface area contributed by atoms with Crippen LogP contribution in [-0.2, 0) is 4.74 Å². The van der Waals surface area contributed by atoms with Gasteiger partial charge in [0.2, 0.25) is 0 Å². The van der Waals surface area contributed by atoms with Crippen molar-refractivity contribution in [2.45, 2.75) is 24.9 Å². The Bertz CT molecular complexity index is 267. The molecule has 1 aromatic carbocycles. The third kappa shape index (κ3) is 2.56. The molecule has 0 spiro atoms. The molecule has 2 rings (SSSR count). The van der Waals surface area contributed by atoms with E-state index in [4.69, 9.17) is 9.84 Å². The maximum Gasteiger partial charge on any atom is 0.0815 e. The van der Waals surface area contributed by atoms with E-state index in [0.29, 0.717) is 12.0 Å². The third-order valence-corrected chi connectivity index (χ3v) is 2.70. The van der Waals surface area contributed by atoms with Gasteiger partial charge in [0, 0.05) is 6.61 Å². The van der Waals surface area contributed by atoms with E-state index in [1.54, 1.807) is 0 Å². The summed E-state index contributed by atoms with van der Waals surface area (Å²) in [5, 5.41) is 8.99. The van der Waals surface area contributed by atoms with Crippen LogP contribution in [0.1, 0.15) is 24.3 Å². The van der Waals surface area contributed by atoms with E-state index < -0.39 is 0 Å². The molecular formula is C12H16O2. The van der Waals surface area contributed by atoms with Gasteiger partial charge in [-0.25, -0.2) is 0 Å². The lowest BCUT2D eigenvalue weighted by Crippen LogP contribution is -2.04. The minimum atomic E-state index is 0.256. The van der Waals surface area contributed by atoms with Crippen LogP contribution in [0.2, 0.25) is 0 Å². The van der Waals surface area contributed by atoms with Gasteiger partial charge < -0.3 is 9.84 Å². The van der Waals surface area contributed by atoms with Gasteiger partial charge in [0.1, 0.15) is 0 Å². The summed E-state index contributed by atoms with van der Waals surface area (Å²) in [5.74, 6) is 0.452. The number of aliphatic hydroxyl groups is 1. The highest BCUT2D eigenvalue weighted by molar-refractivity contribution is 5.19. The Morgan fingerprint density at radius 1 is 1.36 bits per heavy atom. The van der Waals surface area contributed by atoms with Gasteiger partial charge in [-0.2, -0.15) is 0 Å². The number of epoxide rings is 1. The Morgan fingerprint density at radius 2 is 2.07 bits per heavy atom. The second-order valence-electron chi connectivity index (χ2n) is 3.81. The Balaban J connectivity index is 2.01. The summed E-state index contributed by atoms with van der Waals surface area (Å²) in [4.78, 5) is 0. The van der Waals surface area contributed by atoms with Crippen molar-refractivity contribution in [3.63, 3.8) is 0 Å². The molecule has 14 heavy (non-hydrogen) atoms. The van der Waals surface area contributed by atoms with E-state index in [0.717, 1.165) is 19.4 Å². The standard InChI is InChI=1S/C12H16O2/c13-7-6-11(8-12-9-14-12)10-4-2-1-3-5-10/h1-5,11-13H,6-9H2/t11-,12+/m0/s1. The first kappa shape index (κ1) is 9.69. The van der Waals surface area contributed by atoms with Gasteiger partial charge in [-0.3, -0.25) is 0 Å². The topological polar surface area (TPSA) is 32.8 Å².